The Morgan fingerprint density at radius 3 is 2.74 bits per heavy atom. The van der Waals surface area contributed by atoms with Gasteiger partial charge < -0.3 is 4.90 Å². The standard InChI is InChI=1S/C17H26BrN/c18-13-6-11-17-12-7-15-19(17)14-5-4-10-16-8-2-1-3-9-16/h1-3,8-9,17H,4-7,10-15H2. The maximum absolute atomic E-state index is 3.55. The quantitative estimate of drug-likeness (QED) is 0.497. The van der Waals surface area contributed by atoms with Crippen LogP contribution < -0.4 is 0 Å². The first-order chi connectivity index (χ1) is 9.40. The zero-order chi connectivity index (χ0) is 13.3. The number of nitrogens with zero attached hydrogens (tertiary/aromatic N) is 1. The SMILES string of the molecule is BrCCCC1CCCN1CCCCc1ccccc1. The lowest BCUT2D eigenvalue weighted by atomic mass is 10.1. The predicted molar refractivity (Wildman–Crippen MR) is 87.0 cm³/mol. The fourth-order valence-electron chi connectivity index (χ4n) is 3.12. The van der Waals surface area contributed by atoms with Crippen molar-refractivity contribution in [3.05, 3.63) is 35.9 Å². The monoisotopic (exact) mass is 323 g/mol. The molecule has 0 spiro atoms. The Labute approximate surface area is 126 Å². The topological polar surface area (TPSA) is 3.24 Å². The van der Waals surface area contributed by atoms with Crippen LogP contribution in [-0.2, 0) is 6.42 Å². The van der Waals surface area contributed by atoms with Crippen LogP contribution >= 0.6 is 15.9 Å². The number of alkyl halides is 1. The number of rotatable bonds is 8. The van der Waals surface area contributed by atoms with Gasteiger partial charge in [-0.1, -0.05) is 46.3 Å². The Balaban J connectivity index is 1.62. The maximum atomic E-state index is 3.55. The molecule has 1 aromatic rings. The van der Waals surface area contributed by atoms with Gasteiger partial charge in [0.1, 0.15) is 0 Å². The molecule has 1 atom stereocenters. The van der Waals surface area contributed by atoms with Crippen LogP contribution in [0.15, 0.2) is 30.3 Å². The molecule has 2 heteroatoms. The van der Waals surface area contributed by atoms with Gasteiger partial charge in [0.2, 0.25) is 0 Å². The normalized spacial score (nSPS) is 19.9. The summed E-state index contributed by atoms with van der Waals surface area (Å²) in [5.74, 6) is 0. The van der Waals surface area contributed by atoms with Crippen molar-refractivity contribution >= 4 is 15.9 Å². The van der Waals surface area contributed by atoms with Gasteiger partial charge in [-0.05, 0) is 63.6 Å². The van der Waals surface area contributed by atoms with Crippen molar-refractivity contribution in [3.63, 3.8) is 0 Å². The second-order valence-corrected chi connectivity index (χ2v) is 6.40. The fourth-order valence-corrected chi connectivity index (χ4v) is 3.44. The van der Waals surface area contributed by atoms with Gasteiger partial charge in [-0.2, -0.15) is 0 Å². The summed E-state index contributed by atoms with van der Waals surface area (Å²) >= 11 is 3.55. The van der Waals surface area contributed by atoms with Crippen LogP contribution in [-0.4, -0.2) is 29.4 Å². The van der Waals surface area contributed by atoms with E-state index in [-0.39, 0.29) is 0 Å². The second-order valence-electron chi connectivity index (χ2n) is 5.61. The van der Waals surface area contributed by atoms with E-state index in [2.05, 4.69) is 51.2 Å². The van der Waals surface area contributed by atoms with Gasteiger partial charge in [0.15, 0.2) is 0 Å². The minimum Gasteiger partial charge on any atom is -0.300 e. The molecule has 1 aliphatic heterocycles. The van der Waals surface area contributed by atoms with Gasteiger partial charge in [-0.3, -0.25) is 0 Å². The molecule has 0 amide bonds. The average Bonchev–Trinajstić information content (AvgIpc) is 2.90. The highest BCUT2D eigenvalue weighted by Gasteiger charge is 2.22. The van der Waals surface area contributed by atoms with Crippen molar-refractivity contribution < 1.29 is 0 Å². The Morgan fingerprint density at radius 1 is 1.11 bits per heavy atom. The molecule has 1 unspecified atom stereocenters. The molecule has 0 aromatic heterocycles. The molecule has 1 nitrogen and oxygen atoms in total. The van der Waals surface area contributed by atoms with E-state index >= 15 is 0 Å². The Bertz CT molecular complexity index is 338. The van der Waals surface area contributed by atoms with E-state index in [1.807, 2.05) is 0 Å². The summed E-state index contributed by atoms with van der Waals surface area (Å²) in [4.78, 5) is 2.73. The average molecular weight is 324 g/mol. The molecule has 19 heavy (non-hydrogen) atoms. The van der Waals surface area contributed by atoms with Gasteiger partial charge in [-0.15, -0.1) is 0 Å². The van der Waals surface area contributed by atoms with Crippen molar-refractivity contribution in [2.75, 3.05) is 18.4 Å². The van der Waals surface area contributed by atoms with Crippen LogP contribution in [0.4, 0.5) is 0 Å². The predicted octanol–water partition coefficient (Wildman–Crippen LogP) is 4.65. The third-order valence-corrected chi connectivity index (χ3v) is 4.73. The van der Waals surface area contributed by atoms with Gasteiger partial charge in [0.25, 0.3) is 0 Å². The van der Waals surface area contributed by atoms with Crippen LogP contribution in [0.3, 0.4) is 0 Å². The van der Waals surface area contributed by atoms with E-state index in [0.29, 0.717) is 0 Å². The van der Waals surface area contributed by atoms with E-state index in [9.17, 15) is 0 Å². The molecule has 1 saturated heterocycles. The number of hydrogen-bond acceptors (Lipinski definition) is 1. The summed E-state index contributed by atoms with van der Waals surface area (Å²) in [6.07, 6.45) is 9.44. The lowest BCUT2D eigenvalue weighted by molar-refractivity contribution is 0.238. The van der Waals surface area contributed by atoms with Crippen molar-refractivity contribution in [3.8, 4) is 0 Å². The van der Waals surface area contributed by atoms with Crippen molar-refractivity contribution in [1.82, 2.24) is 4.90 Å². The van der Waals surface area contributed by atoms with E-state index in [0.717, 1.165) is 11.4 Å². The molecular formula is C17H26BrN. The number of benzene rings is 1. The van der Waals surface area contributed by atoms with Gasteiger partial charge in [0, 0.05) is 11.4 Å². The first-order valence-electron chi connectivity index (χ1n) is 7.74. The summed E-state index contributed by atoms with van der Waals surface area (Å²) in [5, 5.41) is 1.16. The number of halogens is 1. The Hall–Kier alpha value is -0.340. The van der Waals surface area contributed by atoms with Gasteiger partial charge in [-0.25, -0.2) is 0 Å². The highest BCUT2D eigenvalue weighted by Crippen LogP contribution is 2.22. The van der Waals surface area contributed by atoms with Crippen LogP contribution in [0.1, 0.15) is 44.1 Å². The highest BCUT2D eigenvalue weighted by molar-refractivity contribution is 9.09. The van der Waals surface area contributed by atoms with Crippen molar-refractivity contribution in [2.45, 2.75) is 51.0 Å². The summed E-state index contributed by atoms with van der Waals surface area (Å²) in [7, 11) is 0. The summed E-state index contributed by atoms with van der Waals surface area (Å²) in [6.45, 7) is 2.64. The molecule has 1 aliphatic rings. The molecule has 0 N–H and O–H groups in total. The zero-order valence-corrected chi connectivity index (χ0v) is 13.4. The molecule has 1 aromatic carbocycles. The number of aryl methyl sites for hydroxylation is 1. The first kappa shape index (κ1) is 15.1. The van der Waals surface area contributed by atoms with Gasteiger partial charge in [0.05, 0.1) is 0 Å². The fraction of sp³-hybridized carbons (Fsp3) is 0.647. The molecule has 1 fully saturated rings. The minimum absolute atomic E-state index is 0.870. The third-order valence-electron chi connectivity index (χ3n) is 4.17. The smallest absolute Gasteiger partial charge is 0.00960 e. The molecule has 0 saturated carbocycles. The van der Waals surface area contributed by atoms with Crippen LogP contribution in [0.2, 0.25) is 0 Å². The summed E-state index contributed by atoms with van der Waals surface area (Å²) in [5.41, 5.74) is 1.49. The number of hydrogen-bond donors (Lipinski definition) is 0. The molecule has 2 rings (SSSR count). The van der Waals surface area contributed by atoms with Crippen LogP contribution in [0.5, 0.6) is 0 Å². The molecule has 0 aliphatic carbocycles. The lowest BCUT2D eigenvalue weighted by Gasteiger charge is -2.24. The summed E-state index contributed by atoms with van der Waals surface area (Å²) in [6, 6.07) is 11.7. The Kier molecular flexibility index (Phi) is 6.94. The third kappa shape index (κ3) is 5.27. The van der Waals surface area contributed by atoms with E-state index < -0.39 is 0 Å². The summed E-state index contributed by atoms with van der Waals surface area (Å²) < 4.78 is 0. The number of likely N-dealkylation sites (tertiary alicyclic amines) is 1. The lowest BCUT2D eigenvalue weighted by Crippen LogP contribution is -2.30. The Morgan fingerprint density at radius 2 is 1.95 bits per heavy atom. The van der Waals surface area contributed by atoms with Crippen molar-refractivity contribution in [1.29, 1.82) is 0 Å². The molecule has 0 radical (unpaired) electrons. The molecule has 1 heterocycles. The minimum atomic E-state index is 0.870. The highest BCUT2D eigenvalue weighted by atomic mass is 79.9. The van der Waals surface area contributed by atoms with Crippen LogP contribution in [0, 0.1) is 0 Å². The van der Waals surface area contributed by atoms with E-state index in [1.165, 1.54) is 63.6 Å². The molecule has 106 valence electrons. The largest absolute Gasteiger partial charge is 0.300 e. The second kappa shape index (κ2) is 8.76. The number of unbranched alkanes of at least 4 members (excludes halogenated alkanes) is 1. The van der Waals surface area contributed by atoms with Crippen LogP contribution in [0.25, 0.3) is 0 Å². The van der Waals surface area contributed by atoms with E-state index in [1.54, 1.807) is 0 Å². The van der Waals surface area contributed by atoms with E-state index in [4.69, 9.17) is 0 Å². The molecule has 0 bridgehead atoms. The van der Waals surface area contributed by atoms with Crippen molar-refractivity contribution in [2.24, 2.45) is 0 Å². The molecular weight excluding hydrogens is 298 g/mol. The zero-order valence-electron chi connectivity index (χ0n) is 11.9. The first-order valence-corrected chi connectivity index (χ1v) is 8.86. The maximum Gasteiger partial charge on any atom is 0.00960 e. The van der Waals surface area contributed by atoms with Gasteiger partial charge >= 0.3 is 0 Å².